The number of rotatable bonds is 66. The lowest BCUT2D eigenvalue weighted by atomic mass is 10.00. The molecule has 2 atom stereocenters. The molecule has 1 fully saturated rings. The molecule has 1 aromatic rings. The molecule has 1 heterocycles. The van der Waals surface area contributed by atoms with Crippen LogP contribution in [0.4, 0.5) is 0 Å². The van der Waals surface area contributed by atoms with Gasteiger partial charge in [-0.2, -0.15) is 0 Å². The molecule has 1 aliphatic rings. The molecule has 34 heteroatoms. The topological polar surface area (TPSA) is 391 Å². The predicted octanol–water partition coefficient (Wildman–Crippen LogP) is 4.38. The van der Waals surface area contributed by atoms with Crippen molar-refractivity contribution in [2.24, 2.45) is 11.7 Å². The zero-order chi connectivity index (χ0) is 88.7. The van der Waals surface area contributed by atoms with E-state index in [1.165, 1.54) is 11.1 Å². The van der Waals surface area contributed by atoms with Crippen molar-refractivity contribution in [3.63, 3.8) is 0 Å². The molecule has 0 bridgehead atoms. The first-order chi connectivity index (χ1) is 57.1. The van der Waals surface area contributed by atoms with Crippen molar-refractivity contribution in [2.45, 2.75) is 208 Å². The summed E-state index contributed by atoms with van der Waals surface area (Å²) in [4.78, 5) is 126. The van der Waals surface area contributed by atoms with E-state index in [0.29, 0.717) is 222 Å². The summed E-state index contributed by atoms with van der Waals surface area (Å²) < 4.78 is 84.0. The number of carbonyl (C=O) groups excluding carboxylic acids is 9. The Labute approximate surface area is 716 Å². The van der Waals surface area contributed by atoms with Gasteiger partial charge in [0.2, 0.25) is 29.5 Å². The quantitative estimate of drug-likeness (QED) is 0.0299. The number of unbranched alkanes of at least 4 members (excludes halogenated alkanes) is 2. The molecule has 694 valence electrons. The van der Waals surface area contributed by atoms with Crippen molar-refractivity contribution in [1.82, 2.24) is 46.2 Å². The zero-order valence-electron chi connectivity index (χ0n) is 75.6. The van der Waals surface area contributed by atoms with Crippen LogP contribution < -0.4 is 32.3 Å². The van der Waals surface area contributed by atoms with E-state index in [2.05, 4.69) is 64.7 Å². The van der Waals surface area contributed by atoms with Gasteiger partial charge in [0.1, 0.15) is 34.5 Å². The molecule has 0 spiro atoms. The van der Waals surface area contributed by atoms with Crippen LogP contribution in [0.25, 0.3) is 0 Å². The number of hydrogen-bond acceptors (Lipinski definition) is 29. The van der Waals surface area contributed by atoms with Crippen LogP contribution in [0, 0.1) is 5.92 Å². The van der Waals surface area contributed by atoms with E-state index in [4.69, 9.17) is 76.8 Å². The Morgan fingerprint density at radius 1 is 0.342 bits per heavy atom. The van der Waals surface area contributed by atoms with Crippen molar-refractivity contribution >= 4 is 53.4 Å². The lowest BCUT2D eigenvalue weighted by Crippen LogP contribution is -2.50. The Balaban J connectivity index is 1.68. The third-order valence-electron chi connectivity index (χ3n) is 17.4. The number of carbonyl (C=O) groups is 9. The van der Waals surface area contributed by atoms with Crippen LogP contribution in [0.5, 0.6) is 0 Å². The maximum Gasteiger partial charge on any atom is 0.329 e. The first-order valence-electron chi connectivity index (χ1n) is 43.4. The summed E-state index contributed by atoms with van der Waals surface area (Å²) in [6, 6.07) is 6.93. The average Bonchev–Trinajstić information content (AvgIpc) is 0.882. The van der Waals surface area contributed by atoms with E-state index in [0.717, 1.165) is 19.3 Å². The Hall–Kier alpha value is -6.19. The van der Waals surface area contributed by atoms with Gasteiger partial charge in [-0.05, 0) is 158 Å². The van der Waals surface area contributed by atoms with E-state index in [-0.39, 0.29) is 121 Å². The molecular weight excluding hydrogens is 1560 g/mol. The Morgan fingerprint density at radius 3 is 1.02 bits per heavy atom. The predicted molar refractivity (Wildman–Crippen MR) is 455 cm³/mol. The van der Waals surface area contributed by atoms with Gasteiger partial charge in [0.05, 0.1) is 172 Å². The minimum absolute atomic E-state index is 0.000771. The summed E-state index contributed by atoms with van der Waals surface area (Å²) in [5.74, 6) is -2.41. The second-order valence-corrected chi connectivity index (χ2v) is 33.9. The molecule has 1 aromatic carbocycles. The molecule has 120 heavy (non-hydrogen) atoms. The molecule has 2 rings (SSSR count). The summed E-state index contributed by atoms with van der Waals surface area (Å²) in [7, 11) is 0. The zero-order valence-corrected chi connectivity index (χ0v) is 75.6. The van der Waals surface area contributed by atoms with Crippen molar-refractivity contribution in [3.05, 3.63) is 35.4 Å². The second-order valence-electron chi connectivity index (χ2n) is 33.9. The molecule has 34 nitrogen and oxygen atoms in total. The van der Waals surface area contributed by atoms with E-state index in [1.807, 2.05) is 40.4 Å². The van der Waals surface area contributed by atoms with Crippen LogP contribution in [0.1, 0.15) is 172 Å². The van der Waals surface area contributed by atoms with Gasteiger partial charge in [0.15, 0.2) is 0 Å². The number of esters is 4. The van der Waals surface area contributed by atoms with Gasteiger partial charge in [-0.3, -0.25) is 58.0 Å². The van der Waals surface area contributed by atoms with Gasteiger partial charge < -0.3 is 103 Å². The fourth-order valence-corrected chi connectivity index (χ4v) is 11.8. The molecule has 1 aliphatic heterocycles. The molecule has 0 radical (unpaired) electrons. The van der Waals surface area contributed by atoms with E-state index in [9.17, 15) is 43.2 Å². The van der Waals surface area contributed by atoms with Gasteiger partial charge in [-0.25, -0.2) is 4.79 Å². The van der Waals surface area contributed by atoms with Gasteiger partial charge in [-0.15, -0.1) is 0 Å². The molecule has 0 saturated carbocycles. The highest BCUT2D eigenvalue weighted by atomic mass is 16.6. The fourth-order valence-electron chi connectivity index (χ4n) is 11.8. The number of ether oxygens (including phenoxy) is 15. The van der Waals surface area contributed by atoms with E-state index >= 15 is 0 Å². The molecule has 0 aromatic heterocycles. The largest absolute Gasteiger partial charge is 0.459 e. The minimum atomic E-state index is -0.876. The van der Waals surface area contributed by atoms with E-state index < -0.39 is 58.4 Å². The number of amides is 5. The normalized spacial score (nSPS) is 14.5. The molecule has 2 unspecified atom stereocenters. The molecule has 1 saturated heterocycles. The Bertz CT molecular complexity index is 2870. The smallest absolute Gasteiger partial charge is 0.329 e. The van der Waals surface area contributed by atoms with E-state index in [1.54, 1.807) is 62.3 Å². The summed E-state index contributed by atoms with van der Waals surface area (Å²) in [5.41, 5.74) is 5.18. The molecule has 5 amide bonds. The van der Waals surface area contributed by atoms with Crippen molar-refractivity contribution in [2.75, 3.05) is 250 Å². The third kappa shape index (κ3) is 66.4. The standard InChI is InChI=1S/C86H156N10O24/c1-69(2)64-71-26-24-70(25-27-71)20-19-23-74(97)88-31-18-16-22-73(82(105)120-86(12,13)14)92-76(99)29-43-107-47-51-111-54-56-113-58-60-115-62-63-116-61-59-114-57-55-112-53-49-109-45-33-90-81(104)72(91-75(98)28-42-106-46-50-110-52-48-108-44-30-87)21-15-17-32-89-77(100)65-93-34-36-94(66-78(101)117-83(3,4)5)38-40-96(68-80(103)119-85(9,10)11)41-39-95(37-35-93)67-79(102)118-84(6,7)8/h24-27,69,72-73H,15-23,28-68,87H2,1-14H3,(H,88,97)(H,89,100)(H,90,104)(H,91,98)(H,92,99). The van der Waals surface area contributed by atoms with Crippen LogP contribution >= 0.6 is 0 Å². The number of benzene rings is 1. The summed E-state index contributed by atoms with van der Waals surface area (Å²) in [5, 5.41) is 14.5. The van der Waals surface area contributed by atoms with Crippen LogP contribution in [0.2, 0.25) is 0 Å². The second kappa shape index (κ2) is 66.3. The highest BCUT2D eigenvalue weighted by molar-refractivity contribution is 5.88. The van der Waals surface area contributed by atoms with Gasteiger partial charge in [0, 0.05) is 97.8 Å². The first kappa shape index (κ1) is 110. The molecule has 0 aliphatic carbocycles. The maximum absolute atomic E-state index is 13.7. The first-order valence-corrected chi connectivity index (χ1v) is 43.4. The van der Waals surface area contributed by atoms with Crippen LogP contribution in [0.15, 0.2) is 24.3 Å². The molecular formula is C86H156N10O24. The van der Waals surface area contributed by atoms with Gasteiger partial charge in [0.25, 0.3) is 0 Å². The van der Waals surface area contributed by atoms with Crippen molar-refractivity contribution in [1.29, 1.82) is 0 Å². The molecule has 7 N–H and O–H groups in total. The van der Waals surface area contributed by atoms with Crippen LogP contribution in [-0.4, -0.2) is 358 Å². The van der Waals surface area contributed by atoms with Crippen molar-refractivity contribution < 1.29 is 114 Å². The van der Waals surface area contributed by atoms with Gasteiger partial charge in [-0.1, -0.05) is 38.1 Å². The highest BCUT2D eigenvalue weighted by Crippen LogP contribution is 2.17. The number of hydrogen-bond donors (Lipinski definition) is 6. The monoisotopic (exact) mass is 1710 g/mol. The lowest BCUT2D eigenvalue weighted by molar-refractivity contribution is -0.159. The number of nitrogens with zero attached hydrogens (tertiary/aromatic N) is 4. The van der Waals surface area contributed by atoms with Crippen LogP contribution in [-0.2, 0) is 127 Å². The lowest BCUT2D eigenvalue weighted by Gasteiger charge is -2.34. The Kier molecular flexibility index (Phi) is 60.7. The fraction of sp³-hybridized carbons (Fsp3) is 0.826. The average molecular weight is 1710 g/mol. The maximum atomic E-state index is 13.7. The van der Waals surface area contributed by atoms with Crippen LogP contribution in [0.3, 0.4) is 0 Å². The highest BCUT2D eigenvalue weighted by Gasteiger charge is 2.30. The number of aryl methyl sites for hydroxylation is 1. The van der Waals surface area contributed by atoms with Crippen molar-refractivity contribution in [3.8, 4) is 0 Å². The summed E-state index contributed by atoms with van der Waals surface area (Å²) >= 11 is 0. The SMILES string of the molecule is CC(C)Cc1ccc(CCCC(=O)NCCCCC(NC(=O)CCOCCOCCOCCOCCOCCOCCOCCOCCNC(=O)C(CCCCNC(=O)CN2CCN(CC(=O)OC(C)(C)C)CCN(CC(=O)OC(C)(C)C)CCN(CC(=O)OC(C)(C)C)CC2)NC(=O)CCOCCOCCOCCN)C(=O)OC(C)(C)C)cc1. The number of nitrogens with two attached hydrogens (primary N) is 1. The number of nitrogens with one attached hydrogen (secondary N) is 5. The third-order valence-corrected chi connectivity index (χ3v) is 17.4. The minimum Gasteiger partial charge on any atom is -0.459 e. The summed E-state index contributed by atoms with van der Waals surface area (Å²) in [6.07, 6.45) is 6.07. The summed E-state index contributed by atoms with van der Waals surface area (Å²) in [6.45, 7) is 37.8. The Morgan fingerprint density at radius 2 is 0.658 bits per heavy atom. The van der Waals surface area contributed by atoms with Gasteiger partial charge >= 0.3 is 23.9 Å².